The summed E-state index contributed by atoms with van der Waals surface area (Å²) in [5.41, 5.74) is 13.5. The van der Waals surface area contributed by atoms with Crippen LogP contribution < -0.4 is 29.0 Å². The van der Waals surface area contributed by atoms with E-state index >= 15 is 0 Å². The first-order valence-electron chi connectivity index (χ1n) is 37.0. The van der Waals surface area contributed by atoms with Crippen LogP contribution in [0.3, 0.4) is 0 Å². The Morgan fingerprint density at radius 3 is 1.06 bits per heavy atom. The van der Waals surface area contributed by atoms with Crippen LogP contribution >= 0.6 is 34.0 Å². The van der Waals surface area contributed by atoms with Crippen molar-refractivity contribution in [2.45, 2.75) is 33.1 Å². The Bertz CT molecular complexity index is 6840. The van der Waals surface area contributed by atoms with Gasteiger partial charge in [0.25, 0.3) is 0 Å². The molecule has 0 spiro atoms. The van der Waals surface area contributed by atoms with Crippen LogP contribution in [0, 0.1) is 25.1 Å². The van der Waals surface area contributed by atoms with Crippen LogP contribution in [0.2, 0.25) is 0 Å². The fourth-order valence-electron chi connectivity index (χ4n) is 12.8. The maximum absolute atomic E-state index is 4.62. The second-order valence-electron chi connectivity index (χ2n) is 27.8. The van der Waals surface area contributed by atoms with E-state index in [0.717, 1.165) is 78.8 Å². The van der Waals surface area contributed by atoms with E-state index in [2.05, 4.69) is 220 Å². The van der Waals surface area contributed by atoms with Gasteiger partial charge in [-0.2, -0.15) is 34.0 Å². The summed E-state index contributed by atoms with van der Waals surface area (Å²) in [7, 11) is 5.90. The topological polar surface area (TPSA) is 247 Å². The molecule has 0 aliphatic heterocycles. The molecule has 0 unspecified atom stereocenters. The van der Waals surface area contributed by atoms with Crippen LogP contribution in [0.15, 0.2) is 286 Å². The maximum atomic E-state index is 4.62. The molecule has 15 heterocycles. The molecule has 0 bridgehead atoms. The van der Waals surface area contributed by atoms with Gasteiger partial charge in [0.15, 0.2) is 35.5 Å². The third kappa shape index (κ3) is 18.7. The predicted octanol–water partition coefficient (Wildman–Crippen LogP) is 17.6. The fraction of sp³-hybridized carbons (Fsp3) is 0.0870. The molecule has 22 aromatic rings. The van der Waals surface area contributed by atoms with Gasteiger partial charge in [0, 0.05) is 200 Å². The summed E-state index contributed by atoms with van der Waals surface area (Å²) in [5.74, 6) is 4.17. The number of aromatic nitrogens is 21. The molecule has 7 aromatic carbocycles. The summed E-state index contributed by atoms with van der Waals surface area (Å²) >= 11 is 5.37. The molecule has 0 fully saturated rings. The minimum Gasteiger partial charge on any atom is -0.417 e. The van der Waals surface area contributed by atoms with E-state index < -0.39 is 0 Å². The Morgan fingerprint density at radius 1 is 0.336 bits per heavy atom. The van der Waals surface area contributed by atoms with E-state index in [4.69, 9.17) is 0 Å². The second kappa shape index (κ2) is 37.4. The largest absolute Gasteiger partial charge is 0.417 e. The zero-order chi connectivity index (χ0) is 79.1. The monoisotopic (exact) mass is 2140 g/mol. The predicted molar refractivity (Wildman–Crippen MR) is 458 cm³/mol. The Labute approximate surface area is 736 Å². The van der Waals surface area contributed by atoms with Crippen molar-refractivity contribution in [1.29, 1.82) is 0 Å². The number of fused-ring (bicyclic) bond motifs is 12. The molecule has 27 heteroatoms. The number of hydrogen-bond donors (Lipinski definition) is 0. The van der Waals surface area contributed by atoms with Gasteiger partial charge in [0.1, 0.15) is 37.7 Å². The Hall–Kier alpha value is -12.5. The van der Waals surface area contributed by atoms with Crippen LogP contribution in [0.5, 0.6) is 0 Å². The van der Waals surface area contributed by atoms with Crippen LogP contribution in [0.25, 0.3) is 174 Å². The molecule has 0 aliphatic carbocycles. The Morgan fingerprint density at radius 2 is 0.689 bits per heavy atom. The van der Waals surface area contributed by atoms with Crippen molar-refractivity contribution < 1.29 is 74.0 Å². The second-order valence-corrected chi connectivity index (χ2v) is 31.0. The average molecular weight is 2140 g/mol. The fourth-order valence-corrected chi connectivity index (χ4v) is 16.0. The SMILES string of the molecule is C[n+]1ccccc1-c1nc(-c2ccccc2)n[n-]1.C[n+]1ccccc1-c1nc(C(C)(C)C)n[n-]1.Cc1n[n-]c(-c2cccc[n+]2C)n1.[Ir].[Ir].[Ir].[c-]1cc2sc3ccccc3c2cc1-c1cnc2cccnc2n1.[c-]1cc2sc3ccccc3c2cc1-c1cnc2cccnc2n1.[c-]1cc2sc3ccccc3c2cc1-c1cnc2cccnc2n1. The summed E-state index contributed by atoms with van der Waals surface area (Å²) in [6, 6.07) is 86.9. The summed E-state index contributed by atoms with van der Waals surface area (Å²) < 4.78 is 13.5. The van der Waals surface area contributed by atoms with Crippen LogP contribution in [-0.2, 0) is 86.9 Å². The zero-order valence-electron chi connectivity index (χ0n) is 64.8. The van der Waals surface area contributed by atoms with Gasteiger partial charge in [0.05, 0.1) is 5.82 Å². The number of hydrogen-bond acceptors (Lipinski definition) is 18. The van der Waals surface area contributed by atoms with Gasteiger partial charge < -0.3 is 30.2 Å². The number of rotatable bonds is 7. The molecule has 0 saturated carbocycles. The van der Waals surface area contributed by atoms with Crippen molar-refractivity contribution >= 4 is 128 Å². The molecule has 119 heavy (non-hydrogen) atoms. The Kier molecular flexibility index (Phi) is 26.1. The third-order valence-electron chi connectivity index (χ3n) is 18.7. The van der Waals surface area contributed by atoms with Gasteiger partial charge in [-0.3, -0.25) is 45.2 Å². The van der Waals surface area contributed by atoms with Gasteiger partial charge in [-0.25, -0.2) is 28.7 Å². The summed E-state index contributed by atoms with van der Waals surface area (Å²) in [6.45, 7) is 8.08. The number of aryl methyl sites for hydroxylation is 4. The molecular weight excluding hydrogens is 2070 g/mol. The van der Waals surface area contributed by atoms with E-state index in [0.29, 0.717) is 46.1 Å². The van der Waals surface area contributed by atoms with Crippen molar-refractivity contribution in [3.8, 4) is 79.7 Å². The van der Waals surface area contributed by atoms with Crippen LogP contribution in [-0.4, -0.2) is 75.1 Å². The van der Waals surface area contributed by atoms with Crippen molar-refractivity contribution in [1.82, 2.24) is 90.4 Å². The normalized spacial score (nSPS) is 10.9. The first kappa shape index (κ1) is 83.0. The number of nitrogens with zero attached hydrogens (tertiary/aromatic N) is 21. The molecule has 0 atom stereocenters. The van der Waals surface area contributed by atoms with E-state index in [1.807, 2.05) is 200 Å². The molecular formula is C92H68Ir3N21S3-3. The van der Waals surface area contributed by atoms with Crippen molar-refractivity contribution in [3.63, 3.8) is 0 Å². The third-order valence-corrected chi connectivity index (χ3v) is 22.1. The van der Waals surface area contributed by atoms with Gasteiger partial charge in [-0.15, -0.1) is 71.3 Å². The smallest absolute Gasteiger partial charge is 0.205 e. The summed E-state index contributed by atoms with van der Waals surface area (Å²) in [5, 5.41) is 31.9. The molecule has 22 rings (SSSR count). The molecule has 3 radical (unpaired) electrons. The van der Waals surface area contributed by atoms with Gasteiger partial charge in [0.2, 0.25) is 17.1 Å². The molecule has 0 N–H and O–H groups in total. The quantitative estimate of drug-likeness (QED) is 0.106. The first-order valence-corrected chi connectivity index (χ1v) is 39.4. The standard InChI is InChI=1S/3C19H10N3S.C14H12N4.C12H16N4.C9H10N4.3Ir/c3*1-2-6-17-13(4-1)14-10-12(7-8-18(14)23-17)16-11-21-15-5-3-9-20-19(15)22-16;1-18-10-6-5-9-12(18)14-15-13(16-17-14)11-7-3-2-4-8-11;1-12(2,3)11-13-10(14-15-11)9-7-5-6-8-16(9)4;1-7-10-9(12-11-7)8-5-3-4-6-13(8)2;;;/h3*1-6,8-11H;2-10H,1H3;5-8H,1-4H3;3-6H,1-2H3;;;/q3*-1;;;;;;. The van der Waals surface area contributed by atoms with Crippen molar-refractivity contribution in [2.24, 2.45) is 21.1 Å². The van der Waals surface area contributed by atoms with Crippen molar-refractivity contribution in [3.05, 3.63) is 316 Å². The minimum atomic E-state index is -0.0569. The number of pyridine rings is 6. The first-order chi connectivity index (χ1) is 56.7. The van der Waals surface area contributed by atoms with E-state index in [-0.39, 0.29) is 65.7 Å². The van der Waals surface area contributed by atoms with E-state index in [1.165, 1.54) is 60.5 Å². The van der Waals surface area contributed by atoms with Crippen LogP contribution in [0.1, 0.15) is 32.4 Å². The van der Waals surface area contributed by atoms with Gasteiger partial charge in [-0.05, 0) is 116 Å². The molecule has 21 nitrogen and oxygen atoms in total. The number of thiophene rings is 3. The maximum Gasteiger partial charge on any atom is 0.205 e. The summed E-state index contributed by atoms with van der Waals surface area (Å²) in [4.78, 5) is 53.2. The van der Waals surface area contributed by atoms with E-state index in [1.54, 1.807) is 71.2 Å². The molecule has 0 aliphatic rings. The zero-order valence-corrected chi connectivity index (χ0v) is 74.4. The molecule has 0 saturated heterocycles. The molecule has 15 aromatic heterocycles. The molecule has 0 amide bonds. The summed E-state index contributed by atoms with van der Waals surface area (Å²) in [6.07, 6.45) is 16.5. The minimum absolute atomic E-state index is 0. The van der Waals surface area contributed by atoms with Crippen molar-refractivity contribution in [2.75, 3.05) is 0 Å². The number of benzene rings is 7. The van der Waals surface area contributed by atoms with Gasteiger partial charge in [-0.1, -0.05) is 122 Å². The van der Waals surface area contributed by atoms with Gasteiger partial charge >= 0.3 is 0 Å². The van der Waals surface area contributed by atoms with E-state index in [9.17, 15) is 0 Å². The van der Waals surface area contributed by atoms with Crippen LogP contribution in [0.4, 0.5) is 0 Å². The molecule has 589 valence electrons. The Balaban J connectivity index is 0.000000118. The average Bonchev–Trinajstić information content (AvgIpc) is 1.64.